The van der Waals surface area contributed by atoms with Crippen molar-refractivity contribution in [2.75, 3.05) is 5.32 Å². The molecule has 1 aromatic heterocycles. The van der Waals surface area contributed by atoms with E-state index in [9.17, 15) is 9.18 Å². The van der Waals surface area contributed by atoms with Gasteiger partial charge in [-0.3, -0.25) is 4.79 Å². The summed E-state index contributed by atoms with van der Waals surface area (Å²) in [6.07, 6.45) is 1.35. The lowest BCUT2D eigenvalue weighted by atomic mass is 10.0. The van der Waals surface area contributed by atoms with Gasteiger partial charge in [-0.1, -0.05) is 13.8 Å². The van der Waals surface area contributed by atoms with E-state index in [4.69, 9.17) is 5.26 Å². The second-order valence-electron chi connectivity index (χ2n) is 5.35. The Balaban J connectivity index is 2.26. The van der Waals surface area contributed by atoms with Gasteiger partial charge in [-0.2, -0.15) is 5.26 Å². The van der Waals surface area contributed by atoms with E-state index in [2.05, 4.69) is 10.3 Å². The summed E-state index contributed by atoms with van der Waals surface area (Å²) in [6, 6.07) is 8.05. The molecule has 0 bridgehead atoms. The molecule has 1 aromatic carbocycles. The number of benzene rings is 1. The molecule has 0 radical (unpaired) electrons. The van der Waals surface area contributed by atoms with E-state index >= 15 is 0 Å². The maximum atomic E-state index is 13.7. The third kappa shape index (κ3) is 3.29. The molecule has 0 aliphatic carbocycles. The summed E-state index contributed by atoms with van der Waals surface area (Å²) in [4.78, 5) is 16.3. The van der Waals surface area contributed by atoms with Crippen LogP contribution in [0.5, 0.6) is 0 Å². The third-order valence-electron chi connectivity index (χ3n) is 3.30. The van der Waals surface area contributed by atoms with Crippen LogP contribution in [0.3, 0.4) is 0 Å². The fourth-order valence-corrected chi connectivity index (χ4v) is 2.13. The first kappa shape index (κ1) is 15.6. The Bertz CT molecular complexity index is 763. The summed E-state index contributed by atoms with van der Waals surface area (Å²) < 4.78 is 13.7. The number of amides is 1. The molecule has 0 saturated heterocycles. The molecule has 0 fully saturated rings. The van der Waals surface area contributed by atoms with E-state index in [0.29, 0.717) is 22.4 Å². The van der Waals surface area contributed by atoms with Gasteiger partial charge >= 0.3 is 0 Å². The number of hydrogen-bond acceptors (Lipinski definition) is 3. The molecule has 0 aliphatic rings. The fraction of sp³-hybridized carbons (Fsp3) is 0.235. The summed E-state index contributed by atoms with van der Waals surface area (Å²) in [5.41, 5.74) is 2.32. The summed E-state index contributed by atoms with van der Waals surface area (Å²) >= 11 is 0. The fourth-order valence-electron chi connectivity index (χ4n) is 2.13. The number of anilines is 1. The Morgan fingerprint density at radius 2 is 2.09 bits per heavy atom. The lowest BCUT2D eigenvalue weighted by Gasteiger charge is -2.11. The molecule has 0 saturated carbocycles. The van der Waals surface area contributed by atoms with Gasteiger partial charge in [0.25, 0.3) is 5.91 Å². The van der Waals surface area contributed by atoms with Crippen LogP contribution in [0.2, 0.25) is 0 Å². The van der Waals surface area contributed by atoms with E-state index in [1.807, 2.05) is 19.9 Å². The minimum absolute atomic E-state index is 0.0200. The van der Waals surface area contributed by atoms with E-state index in [1.54, 1.807) is 19.1 Å². The summed E-state index contributed by atoms with van der Waals surface area (Å²) in [5, 5.41) is 11.5. The number of halogens is 1. The number of aryl methyl sites for hydroxylation is 1. The Hall–Kier alpha value is -2.74. The highest BCUT2D eigenvalue weighted by Gasteiger charge is 2.13. The number of nitriles is 1. The predicted octanol–water partition coefficient (Wildman–Crippen LogP) is 3.78. The zero-order valence-corrected chi connectivity index (χ0v) is 12.6. The van der Waals surface area contributed by atoms with Crippen molar-refractivity contribution in [1.29, 1.82) is 5.26 Å². The zero-order valence-electron chi connectivity index (χ0n) is 12.6. The molecule has 5 heteroatoms. The van der Waals surface area contributed by atoms with Crippen LogP contribution >= 0.6 is 0 Å². The highest BCUT2D eigenvalue weighted by molar-refractivity contribution is 6.03. The van der Waals surface area contributed by atoms with Gasteiger partial charge in [0.15, 0.2) is 0 Å². The maximum absolute atomic E-state index is 13.7. The van der Waals surface area contributed by atoms with Crippen molar-refractivity contribution in [2.45, 2.75) is 26.7 Å². The number of pyridine rings is 1. The minimum atomic E-state index is -0.386. The summed E-state index contributed by atoms with van der Waals surface area (Å²) in [5.74, 6) is -0.657. The molecule has 0 aliphatic heterocycles. The second-order valence-corrected chi connectivity index (χ2v) is 5.35. The SMILES string of the molecule is Cc1cc(C#N)cnc1C(=O)Nc1ccc(F)c(C(C)C)c1. The Kier molecular flexibility index (Phi) is 4.52. The highest BCUT2D eigenvalue weighted by atomic mass is 19.1. The van der Waals surface area contributed by atoms with Crippen LogP contribution in [0.25, 0.3) is 0 Å². The van der Waals surface area contributed by atoms with Gasteiger partial charge in [-0.15, -0.1) is 0 Å². The normalized spacial score (nSPS) is 10.4. The molecule has 0 unspecified atom stereocenters. The number of carbonyl (C=O) groups excluding carboxylic acids is 1. The van der Waals surface area contributed by atoms with Gasteiger partial charge in [0.2, 0.25) is 0 Å². The lowest BCUT2D eigenvalue weighted by molar-refractivity contribution is 0.102. The van der Waals surface area contributed by atoms with E-state index in [1.165, 1.54) is 18.3 Å². The van der Waals surface area contributed by atoms with Crippen LogP contribution in [0.15, 0.2) is 30.5 Å². The van der Waals surface area contributed by atoms with Crippen molar-refractivity contribution >= 4 is 11.6 Å². The zero-order chi connectivity index (χ0) is 16.3. The average Bonchev–Trinajstić information content (AvgIpc) is 2.48. The highest BCUT2D eigenvalue weighted by Crippen LogP contribution is 2.22. The first-order chi connectivity index (χ1) is 10.4. The van der Waals surface area contributed by atoms with Crippen molar-refractivity contribution in [1.82, 2.24) is 4.98 Å². The van der Waals surface area contributed by atoms with E-state index in [-0.39, 0.29) is 23.3 Å². The first-order valence-electron chi connectivity index (χ1n) is 6.90. The Morgan fingerprint density at radius 3 is 2.68 bits per heavy atom. The largest absolute Gasteiger partial charge is 0.321 e. The van der Waals surface area contributed by atoms with Gasteiger partial charge in [-0.05, 0) is 48.2 Å². The second kappa shape index (κ2) is 6.35. The van der Waals surface area contributed by atoms with Crippen LogP contribution in [-0.4, -0.2) is 10.9 Å². The van der Waals surface area contributed by atoms with Gasteiger partial charge < -0.3 is 5.32 Å². The molecular formula is C17H16FN3O. The number of hydrogen-bond donors (Lipinski definition) is 1. The van der Waals surface area contributed by atoms with Crippen LogP contribution in [0, 0.1) is 24.1 Å². The number of aromatic nitrogens is 1. The molecule has 22 heavy (non-hydrogen) atoms. The Morgan fingerprint density at radius 1 is 1.36 bits per heavy atom. The maximum Gasteiger partial charge on any atom is 0.274 e. The smallest absolute Gasteiger partial charge is 0.274 e. The number of nitrogens with one attached hydrogen (secondary N) is 1. The number of nitrogens with zero attached hydrogens (tertiary/aromatic N) is 2. The van der Waals surface area contributed by atoms with Crippen LogP contribution < -0.4 is 5.32 Å². The summed E-state index contributed by atoms with van der Waals surface area (Å²) in [7, 11) is 0. The van der Waals surface area contributed by atoms with Crippen molar-refractivity contribution in [3.8, 4) is 6.07 Å². The van der Waals surface area contributed by atoms with Gasteiger partial charge in [0.1, 0.15) is 17.6 Å². The van der Waals surface area contributed by atoms with Gasteiger partial charge in [0, 0.05) is 11.9 Å². The monoisotopic (exact) mass is 297 g/mol. The number of carbonyl (C=O) groups is 1. The van der Waals surface area contributed by atoms with Gasteiger partial charge in [-0.25, -0.2) is 9.37 Å². The van der Waals surface area contributed by atoms with Crippen LogP contribution in [-0.2, 0) is 0 Å². The topological polar surface area (TPSA) is 65.8 Å². The first-order valence-corrected chi connectivity index (χ1v) is 6.90. The van der Waals surface area contributed by atoms with Crippen molar-refractivity contribution in [3.05, 3.63) is 58.7 Å². The molecule has 1 N–H and O–H groups in total. The minimum Gasteiger partial charge on any atom is -0.321 e. The molecule has 1 heterocycles. The number of rotatable bonds is 3. The molecule has 4 nitrogen and oxygen atoms in total. The Labute approximate surface area is 128 Å². The van der Waals surface area contributed by atoms with Crippen LogP contribution in [0.4, 0.5) is 10.1 Å². The van der Waals surface area contributed by atoms with Crippen molar-refractivity contribution in [2.24, 2.45) is 0 Å². The van der Waals surface area contributed by atoms with Crippen molar-refractivity contribution < 1.29 is 9.18 Å². The third-order valence-corrected chi connectivity index (χ3v) is 3.30. The molecule has 1 amide bonds. The quantitative estimate of drug-likeness (QED) is 0.937. The van der Waals surface area contributed by atoms with Crippen LogP contribution in [0.1, 0.15) is 46.9 Å². The predicted molar refractivity (Wildman–Crippen MR) is 82.1 cm³/mol. The molecule has 2 rings (SSSR count). The van der Waals surface area contributed by atoms with E-state index in [0.717, 1.165) is 0 Å². The molecular weight excluding hydrogens is 281 g/mol. The molecule has 2 aromatic rings. The van der Waals surface area contributed by atoms with Crippen molar-refractivity contribution in [3.63, 3.8) is 0 Å². The average molecular weight is 297 g/mol. The molecule has 0 spiro atoms. The molecule has 112 valence electrons. The van der Waals surface area contributed by atoms with Gasteiger partial charge in [0.05, 0.1) is 5.56 Å². The summed E-state index contributed by atoms with van der Waals surface area (Å²) in [6.45, 7) is 5.49. The standard InChI is InChI=1S/C17H16FN3O/c1-10(2)14-7-13(4-5-15(14)18)21-17(22)16-11(3)6-12(8-19)9-20-16/h4-7,9-10H,1-3H3,(H,21,22). The molecule has 0 atom stereocenters. The lowest BCUT2D eigenvalue weighted by Crippen LogP contribution is -2.15. The van der Waals surface area contributed by atoms with E-state index < -0.39 is 0 Å².